The number of ether oxygens (including phenoxy) is 2. The molecule has 0 spiro atoms. The maximum atomic E-state index is 5.36. The van der Waals surface area contributed by atoms with Gasteiger partial charge in [0.15, 0.2) is 17.5 Å². The summed E-state index contributed by atoms with van der Waals surface area (Å²) >= 11 is 0. The van der Waals surface area contributed by atoms with Crippen LogP contribution in [0.5, 0.6) is 11.5 Å². The minimum Gasteiger partial charge on any atom is -0.493 e. The van der Waals surface area contributed by atoms with Crippen molar-refractivity contribution in [3.63, 3.8) is 0 Å². The van der Waals surface area contributed by atoms with Crippen LogP contribution < -0.4 is 14.8 Å². The zero-order chi connectivity index (χ0) is 18.2. The predicted octanol–water partition coefficient (Wildman–Crippen LogP) is 2.64. The van der Waals surface area contributed by atoms with Crippen LogP contribution in [-0.4, -0.2) is 43.2 Å². The first-order chi connectivity index (χ1) is 12.1. The number of aliphatic imine (C=N–C) groups is 1. The first-order valence-electron chi connectivity index (χ1n) is 8.39. The number of benzene rings is 1. The van der Waals surface area contributed by atoms with Gasteiger partial charge in [0.1, 0.15) is 0 Å². The summed E-state index contributed by atoms with van der Waals surface area (Å²) in [6.45, 7) is 4.26. The highest BCUT2D eigenvalue weighted by atomic mass is 16.5. The molecule has 136 valence electrons. The molecule has 1 aromatic heterocycles. The number of rotatable bonds is 7. The smallest absolute Gasteiger partial charge is 0.194 e. The van der Waals surface area contributed by atoms with Crippen molar-refractivity contribution in [3.8, 4) is 11.5 Å². The van der Waals surface area contributed by atoms with Crippen LogP contribution in [0, 0.1) is 0 Å². The first-order valence-corrected chi connectivity index (χ1v) is 8.39. The molecule has 0 aliphatic heterocycles. The number of nitrogens with one attached hydrogen (secondary N) is 1. The van der Waals surface area contributed by atoms with Crippen molar-refractivity contribution in [2.45, 2.75) is 20.0 Å². The molecule has 0 aliphatic carbocycles. The van der Waals surface area contributed by atoms with Gasteiger partial charge in [-0.25, -0.2) is 4.99 Å². The molecule has 0 amide bonds. The summed E-state index contributed by atoms with van der Waals surface area (Å²) in [6, 6.07) is 10.0. The van der Waals surface area contributed by atoms with Crippen LogP contribution >= 0.6 is 0 Å². The van der Waals surface area contributed by atoms with E-state index < -0.39 is 0 Å². The molecule has 0 radical (unpaired) electrons. The first kappa shape index (κ1) is 18.7. The fourth-order valence-electron chi connectivity index (χ4n) is 2.59. The normalized spacial score (nSPS) is 11.3. The van der Waals surface area contributed by atoms with Crippen LogP contribution in [0.4, 0.5) is 0 Å². The molecule has 1 heterocycles. The standard InChI is InChI=1S/C19H28N4O2/c1-6-20-19(23(3)14-16-8-7-11-22(16)2)21-13-15-9-10-17(24-4)18(12-15)25-5/h7-12H,6,13-14H2,1-5H3,(H,20,21). The Balaban J connectivity index is 2.12. The molecule has 25 heavy (non-hydrogen) atoms. The van der Waals surface area contributed by atoms with Gasteiger partial charge in [-0.1, -0.05) is 6.07 Å². The van der Waals surface area contributed by atoms with Crippen molar-refractivity contribution in [1.29, 1.82) is 0 Å². The molecule has 0 saturated carbocycles. The highest BCUT2D eigenvalue weighted by molar-refractivity contribution is 5.79. The lowest BCUT2D eigenvalue weighted by atomic mass is 10.2. The van der Waals surface area contributed by atoms with Crippen LogP contribution in [0.3, 0.4) is 0 Å². The molecule has 0 atom stereocenters. The molecular formula is C19H28N4O2. The molecule has 0 unspecified atom stereocenters. The molecule has 1 aromatic carbocycles. The Kier molecular flexibility index (Phi) is 6.74. The zero-order valence-electron chi connectivity index (χ0n) is 15.7. The minimum absolute atomic E-state index is 0.570. The van der Waals surface area contributed by atoms with Gasteiger partial charge in [-0.05, 0) is 36.8 Å². The SMILES string of the molecule is CCNC(=NCc1ccc(OC)c(OC)c1)N(C)Cc1cccn1C. The summed E-state index contributed by atoms with van der Waals surface area (Å²) in [5.74, 6) is 2.32. The molecule has 0 aliphatic rings. The molecule has 0 fully saturated rings. The summed E-state index contributed by atoms with van der Waals surface area (Å²) in [5.41, 5.74) is 2.31. The van der Waals surface area contributed by atoms with Gasteiger partial charge in [-0.3, -0.25) is 0 Å². The van der Waals surface area contributed by atoms with Gasteiger partial charge in [0.25, 0.3) is 0 Å². The summed E-state index contributed by atoms with van der Waals surface area (Å²) in [4.78, 5) is 6.88. The van der Waals surface area contributed by atoms with E-state index in [1.54, 1.807) is 14.2 Å². The van der Waals surface area contributed by atoms with E-state index in [1.165, 1.54) is 5.69 Å². The maximum absolute atomic E-state index is 5.36. The summed E-state index contributed by atoms with van der Waals surface area (Å²) < 4.78 is 12.8. The van der Waals surface area contributed by atoms with Crippen LogP contribution in [0.15, 0.2) is 41.5 Å². The third kappa shape index (κ3) is 4.92. The van der Waals surface area contributed by atoms with Crippen molar-refractivity contribution in [1.82, 2.24) is 14.8 Å². The van der Waals surface area contributed by atoms with Gasteiger partial charge in [-0.15, -0.1) is 0 Å². The molecule has 6 heteroatoms. The fraction of sp³-hybridized carbons (Fsp3) is 0.421. The van der Waals surface area contributed by atoms with E-state index in [2.05, 4.69) is 47.1 Å². The van der Waals surface area contributed by atoms with Crippen molar-refractivity contribution in [2.75, 3.05) is 27.8 Å². The second-order valence-corrected chi connectivity index (χ2v) is 5.83. The topological polar surface area (TPSA) is 51.0 Å². The van der Waals surface area contributed by atoms with Gasteiger partial charge in [-0.2, -0.15) is 0 Å². The number of guanidine groups is 1. The van der Waals surface area contributed by atoms with Crippen molar-refractivity contribution in [2.24, 2.45) is 12.0 Å². The van der Waals surface area contributed by atoms with Gasteiger partial charge in [0, 0.05) is 32.5 Å². The van der Waals surface area contributed by atoms with E-state index in [-0.39, 0.29) is 0 Å². The lowest BCUT2D eigenvalue weighted by molar-refractivity contribution is 0.354. The quantitative estimate of drug-likeness (QED) is 0.620. The second kappa shape index (κ2) is 9.01. The van der Waals surface area contributed by atoms with Crippen LogP contribution in [0.25, 0.3) is 0 Å². The molecule has 2 rings (SSSR count). The van der Waals surface area contributed by atoms with E-state index in [9.17, 15) is 0 Å². The number of nitrogens with zero attached hydrogens (tertiary/aromatic N) is 3. The molecular weight excluding hydrogens is 316 g/mol. The summed E-state index contributed by atoms with van der Waals surface area (Å²) in [7, 11) is 7.38. The second-order valence-electron chi connectivity index (χ2n) is 5.83. The van der Waals surface area contributed by atoms with E-state index in [0.29, 0.717) is 6.54 Å². The summed E-state index contributed by atoms with van der Waals surface area (Å²) in [5, 5.41) is 3.35. The number of aryl methyl sites for hydroxylation is 1. The Morgan fingerprint density at radius 1 is 1.20 bits per heavy atom. The highest BCUT2D eigenvalue weighted by Gasteiger charge is 2.09. The Hall–Kier alpha value is -2.63. The van der Waals surface area contributed by atoms with Crippen LogP contribution in [0.2, 0.25) is 0 Å². The third-order valence-electron chi connectivity index (χ3n) is 4.01. The van der Waals surface area contributed by atoms with Crippen molar-refractivity contribution < 1.29 is 9.47 Å². The molecule has 0 bridgehead atoms. The molecule has 1 N–H and O–H groups in total. The van der Waals surface area contributed by atoms with Crippen LogP contribution in [-0.2, 0) is 20.1 Å². The lowest BCUT2D eigenvalue weighted by Gasteiger charge is -2.22. The van der Waals surface area contributed by atoms with Gasteiger partial charge >= 0.3 is 0 Å². The zero-order valence-corrected chi connectivity index (χ0v) is 15.7. The highest BCUT2D eigenvalue weighted by Crippen LogP contribution is 2.27. The minimum atomic E-state index is 0.570. The van der Waals surface area contributed by atoms with E-state index in [4.69, 9.17) is 14.5 Å². The largest absolute Gasteiger partial charge is 0.493 e. The lowest BCUT2D eigenvalue weighted by Crippen LogP contribution is -2.38. The fourth-order valence-corrected chi connectivity index (χ4v) is 2.59. The van der Waals surface area contributed by atoms with E-state index in [0.717, 1.165) is 36.1 Å². The van der Waals surface area contributed by atoms with Crippen molar-refractivity contribution >= 4 is 5.96 Å². The molecule has 2 aromatic rings. The maximum Gasteiger partial charge on any atom is 0.194 e. The number of aromatic nitrogens is 1. The van der Waals surface area contributed by atoms with E-state index >= 15 is 0 Å². The van der Waals surface area contributed by atoms with Gasteiger partial charge in [0.05, 0.1) is 27.3 Å². The predicted molar refractivity (Wildman–Crippen MR) is 101 cm³/mol. The van der Waals surface area contributed by atoms with E-state index in [1.807, 2.05) is 25.2 Å². The van der Waals surface area contributed by atoms with Gasteiger partial charge < -0.3 is 24.3 Å². The number of hydrogen-bond donors (Lipinski definition) is 1. The number of hydrogen-bond acceptors (Lipinski definition) is 3. The number of methoxy groups -OCH3 is 2. The summed E-state index contributed by atoms with van der Waals surface area (Å²) in [6.07, 6.45) is 2.05. The van der Waals surface area contributed by atoms with Crippen LogP contribution in [0.1, 0.15) is 18.2 Å². The monoisotopic (exact) mass is 344 g/mol. The average molecular weight is 344 g/mol. The average Bonchev–Trinajstić information content (AvgIpc) is 3.02. The molecule has 0 saturated heterocycles. The Morgan fingerprint density at radius 2 is 1.96 bits per heavy atom. The Morgan fingerprint density at radius 3 is 2.56 bits per heavy atom. The van der Waals surface area contributed by atoms with Gasteiger partial charge in [0.2, 0.25) is 0 Å². The Labute approximate surface area is 150 Å². The third-order valence-corrected chi connectivity index (χ3v) is 4.01. The Bertz CT molecular complexity index is 709. The molecule has 6 nitrogen and oxygen atoms in total. The van der Waals surface area contributed by atoms with Crippen molar-refractivity contribution in [3.05, 3.63) is 47.8 Å².